The Morgan fingerprint density at radius 3 is 3.15 bits per heavy atom. The second-order valence-corrected chi connectivity index (χ2v) is 8.09. The molecule has 5 rings (SSSR count). The lowest BCUT2D eigenvalue weighted by atomic mass is 9.95. The van der Waals surface area contributed by atoms with E-state index in [2.05, 4.69) is 31.3 Å². The highest BCUT2D eigenvalue weighted by Gasteiger charge is 2.31. The second kappa shape index (κ2) is 6.39. The van der Waals surface area contributed by atoms with Gasteiger partial charge in [-0.25, -0.2) is 9.50 Å². The molecule has 2 aliphatic rings. The molecule has 0 aromatic carbocycles. The standard InChI is InChI=1S/C19H21N5OS/c25-19(23-9-5-16-14(12-23)6-11-26-16)15-2-1-8-22(13-15)18-4-3-17-20-7-10-24(17)21-18/h3-4,6-7,10-11,15H,1-2,5,8-9,12-13H2. The Kier molecular flexibility index (Phi) is 3.89. The van der Waals surface area contributed by atoms with Crippen molar-refractivity contribution in [3.8, 4) is 0 Å². The molecule has 0 bridgehead atoms. The molecule has 1 atom stereocenters. The number of thiophene rings is 1. The maximum atomic E-state index is 13.1. The maximum Gasteiger partial charge on any atom is 0.227 e. The summed E-state index contributed by atoms with van der Waals surface area (Å²) in [6.07, 6.45) is 6.60. The van der Waals surface area contributed by atoms with Gasteiger partial charge in [-0.15, -0.1) is 16.4 Å². The first-order valence-corrected chi connectivity index (χ1v) is 10.1. The molecule has 7 heteroatoms. The van der Waals surface area contributed by atoms with E-state index in [4.69, 9.17) is 0 Å². The summed E-state index contributed by atoms with van der Waals surface area (Å²) in [7, 11) is 0. The number of aromatic nitrogens is 3. The fourth-order valence-electron chi connectivity index (χ4n) is 4.06. The van der Waals surface area contributed by atoms with Crippen LogP contribution in [0.25, 0.3) is 5.65 Å². The van der Waals surface area contributed by atoms with Crippen LogP contribution in [0.3, 0.4) is 0 Å². The first kappa shape index (κ1) is 15.8. The molecular formula is C19H21N5OS. The van der Waals surface area contributed by atoms with Gasteiger partial charge in [-0.1, -0.05) is 0 Å². The fourth-order valence-corrected chi connectivity index (χ4v) is 4.95. The minimum absolute atomic E-state index is 0.0595. The molecule has 134 valence electrons. The Labute approximate surface area is 156 Å². The Hall–Kier alpha value is -2.41. The van der Waals surface area contributed by atoms with Crippen LogP contribution in [0.5, 0.6) is 0 Å². The van der Waals surface area contributed by atoms with Gasteiger partial charge in [0.15, 0.2) is 5.65 Å². The van der Waals surface area contributed by atoms with Gasteiger partial charge < -0.3 is 9.80 Å². The van der Waals surface area contributed by atoms with Gasteiger partial charge in [-0.2, -0.15) is 0 Å². The lowest BCUT2D eigenvalue weighted by molar-refractivity contribution is -0.136. The van der Waals surface area contributed by atoms with Crippen molar-refractivity contribution < 1.29 is 4.79 Å². The third-order valence-corrected chi connectivity index (χ3v) is 6.48. The van der Waals surface area contributed by atoms with E-state index in [-0.39, 0.29) is 5.92 Å². The van der Waals surface area contributed by atoms with E-state index in [0.717, 1.165) is 56.9 Å². The van der Waals surface area contributed by atoms with Crippen LogP contribution >= 0.6 is 11.3 Å². The van der Waals surface area contributed by atoms with Crippen molar-refractivity contribution >= 4 is 28.7 Å². The summed E-state index contributed by atoms with van der Waals surface area (Å²) in [4.78, 5) is 23.1. The van der Waals surface area contributed by atoms with E-state index in [9.17, 15) is 4.79 Å². The van der Waals surface area contributed by atoms with E-state index in [0.29, 0.717) is 5.91 Å². The Balaban J connectivity index is 1.31. The SMILES string of the molecule is O=C(C1CCCN(c2ccc3nccn3n2)C1)N1CCc2sccc2C1. The molecule has 3 aromatic heterocycles. The third kappa shape index (κ3) is 2.76. The largest absolute Gasteiger partial charge is 0.354 e. The van der Waals surface area contributed by atoms with Crippen LogP contribution in [-0.4, -0.2) is 45.0 Å². The van der Waals surface area contributed by atoms with Gasteiger partial charge in [-0.05, 0) is 48.4 Å². The highest BCUT2D eigenvalue weighted by Crippen LogP contribution is 2.28. The van der Waals surface area contributed by atoms with Gasteiger partial charge in [-0.3, -0.25) is 4.79 Å². The molecule has 0 saturated carbocycles. The number of hydrogen-bond acceptors (Lipinski definition) is 5. The predicted molar refractivity (Wildman–Crippen MR) is 101 cm³/mol. The van der Waals surface area contributed by atoms with Gasteiger partial charge in [0.2, 0.25) is 5.91 Å². The molecular weight excluding hydrogens is 346 g/mol. The summed E-state index contributed by atoms with van der Waals surface area (Å²) in [5.41, 5.74) is 2.17. The zero-order chi connectivity index (χ0) is 17.5. The number of nitrogens with zero attached hydrogens (tertiary/aromatic N) is 5. The Morgan fingerprint density at radius 2 is 2.19 bits per heavy atom. The van der Waals surface area contributed by atoms with Crippen LogP contribution in [0.2, 0.25) is 0 Å². The van der Waals surface area contributed by atoms with Crippen LogP contribution in [0.4, 0.5) is 5.82 Å². The zero-order valence-corrected chi connectivity index (χ0v) is 15.4. The molecule has 2 aliphatic heterocycles. The maximum absolute atomic E-state index is 13.1. The summed E-state index contributed by atoms with van der Waals surface area (Å²) in [5.74, 6) is 1.28. The zero-order valence-electron chi connectivity index (χ0n) is 14.5. The van der Waals surface area contributed by atoms with Gasteiger partial charge >= 0.3 is 0 Å². The average molecular weight is 367 g/mol. The predicted octanol–water partition coefficient (Wildman–Crippen LogP) is 2.59. The topological polar surface area (TPSA) is 53.7 Å². The number of carbonyl (C=O) groups is 1. The van der Waals surface area contributed by atoms with Crippen molar-refractivity contribution in [2.24, 2.45) is 5.92 Å². The van der Waals surface area contributed by atoms with Crippen LogP contribution < -0.4 is 4.90 Å². The van der Waals surface area contributed by atoms with Crippen molar-refractivity contribution in [2.45, 2.75) is 25.8 Å². The Morgan fingerprint density at radius 1 is 1.23 bits per heavy atom. The van der Waals surface area contributed by atoms with Crippen molar-refractivity contribution in [1.82, 2.24) is 19.5 Å². The minimum Gasteiger partial charge on any atom is -0.354 e. The van der Waals surface area contributed by atoms with Crippen molar-refractivity contribution in [2.75, 3.05) is 24.5 Å². The highest BCUT2D eigenvalue weighted by atomic mass is 32.1. The summed E-state index contributed by atoms with van der Waals surface area (Å²) >= 11 is 1.81. The number of imidazole rings is 1. The van der Waals surface area contributed by atoms with Crippen LogP contribution in [-0.2, 0) is 17.8 Å². The fraction of sp³-hybridized carbons (Fsp3) is 0.421. The molecule has 6 nitrogen and oxygen atoms in total. The number of hydrogen-bond donors (Lipinski definition) is 0. The quantitative estimate of drug-likeness (QED) is 0.699. The van der Waals surface area contributed by atoms with Crippen LogP contribution in [0.1, 0.15) is 23.3 Å². The molecule has 1 saturated heterocycles. The molecule has 5 heterocycles. The minimum atomic E-state index is 0.0595. The molecule has 0 N–H and O–H groups in total. The van der Waals surface area contributed by atoms with Gasteiger partial charge in [0, 0.05) is 43.4 Å². The lowest BCUT2D eigenvalue weighted by Crippen LogP contribution is -2.46. The number of carbonyl (C=O) groups excluding carboxylic acids is 1. The van der Waals surface area contributed by atoms with E-state index >= 15 is 0 Å². The number of fused-ring (bicyclic) bond motifs is 2. The van der Waals surface area contributed by atoms with Gasteiger partial charge in [0.1, 0.15) is 5.82 Å². The van der Waals surface area contributed by atoms with E-state index in [1.165, 1.54) is 10.4 Å². The average Bonchev–Trinajstić information content (AvgIpc) is 3.35. The number of piperidine rings is 1. The number of anilines is 1. The van der Waals surface area contributed by atoms with Crippen LogP contribution in [0, 0.1) is 5.92 Å². The molecule has 1 unspecified atom stereocenters. The molecule has 1 fully saturated rings. The highest BCUT2D eigenvalue weighted by molar-refractivity contribution is 7.10. The second-order valence-electron chi connectivity index (χ2n) is 7.09. The normalized spacial score (nSPS) is 20.4. The molecule has 0 radical (unpaired) electrons. The third-order valence-electron chi connectivity index (χ3n) is 5.46. The monoisotopic (exact) mass is 367 g/mol. The smallest absolute Gasteiger partial charge is 0.227 e. The van der Waals surface area contributed by atoms with Gasteiger partial charge in [0.05, 0.1) is 5.92 Å². The van der Waals surface area contributed by atoms with E-state index < -0.39 is 0 Å². The summed E-state index contributed by atoms with van der Waals surface area (Å²) < 4.78 is 1.80. The van der Waals surface area contributed by atoms with E-state index in [1.54, 1.807) is 10.7 Å². The van der Waals surface area contributed by atoms with Gasteiger partial charge in [0.25, 0.3) is 0 Å². The van der Waals surface area contributed by atoms with Crippen molar-refractivity contribution in [3.05, 3.63) is 46.4 Å². The number of rotatable bonds is 2. The van der Waals surface area contributed by atoms with Crippen molar-refractivity contribution in [3.63, 3.8) is 0 Å². The first-order chi connectivity index (χ1) is 12.8. The summed E-state index contributed by atoms with van der Waals surface area (Å²) in [6.45, 7) is 3.32. The van der Waals surface area contributed by atoms with Crippen LogP contribution in [0.15, 0.2) is 36.0 Å². The Bertz CT molecular complexity index is 948. The molecule has 0 aliphatic carbocycles. The first-order valence-electron chi connectivity index (χ1n) is 9.17. The summed E-state index contributed by atoms with van der Waals surface area (Å²) in [5, 5.41) is 6.78. The number of amides is 1. The molecule has 3 aromatic rings. The summed E-state index contributed by atoms with van der Waals surface area (Å²) in [6, 6.07) is 6.15. The molecule has 26 heavy (non-hydrogen) atoms. The van der Waals surface area contributed by atoms with Crippen molar-refractivity contribution in [1.29, 1.82) is 0 Å². The molecule has 1 amide bonds. The van der Waals surface area contributed by atoms with E-state index in [1.807, 2.05) is 29.7 Å². The molecule has 0 spiro atoms. The lowest BCUT2D eigenvalue weighted by Gasteiger charge is -2.36.